The van der Waals surface area contributed by atoms with Crippen molar-refractivity contribution >= 4 is 11.9 Å². The molecule has 4 nitrogen and oxygen atoms in total. The van der Waals surface area contributed by atoms with E-state index in [0.717, 1.165) is 5.56 Å². The summed E-state index contributed by atoms with van der Waals surface area (Å²) in [5.41, 5.74) is 0.915. The highest BCUT2D eigenvalue weighted by Gasteiger charge is 2.09. The van der Waals surface area contributed by atoms with Gasteiger partial charge in [0.05, 0.1) is 6.54 Å². The Morgan fingerprint density at radius 3 is 2.47 bits per heavy atom. The number of hydrogen-bond acceptors (Lipinski definition) is 3. The van der Waals surface area contributed by atoms with Crippen LogP contribution in [0.25, 0.3) is 0 Å². The predicted octanol–water partition coefficient (Wildman–Crippen LogP) is 2.14. The number of carbonyl (C=O) groups is 2. The van der Waals surface area contributed by atoms with Crippen LogP contribution in [-0.4, -0.2) is 18.4 Å². The average molecular weight is 235 g/mol. The number of ether oxygens (including phenoxy) is 1. The van der Waals surface area contributed by atoms with E-state index in [0.29, 0.717) is 0 Å². The van der Waals surface area contributed by atoms with Crippen LogP contribution in [-0.2, 0) is 16.1 Å². The zero-order valence-corrected chi connectivity index (χ0v) is 10.1. The number of benzene rings is 1. The second-order valence-corrected chi connectivity index (χ2v) is 4.04. The fourth-order valence-electron chi connectivity index (χ4n) is 1.14. The van der Waals surface area contributed by atoms with Gasteiger partial charge in [0.2, 0.25) is 0 Å². The van der Waals surface area contributed by atoms with Crippen LogP contribution in [0.5, 0.6) is 0 Å². The van der Waals surface area contributed by atoms with E-state index >= 15 is 0 Å². The fraction of sp³-hybridized carbons (Fsp3) is 0.385. The maximum absolute atomic E-state index is 11.3. The molecule has 0 aromatic heterocycles. The van der Waals surface area contributed by atoms with E-state index in [1.165, 1.54) is 0 Å². The van der Waals surface area contributed by atoms with Crippen molar-refractivity contribution in [1.82, 2.24) is 5.32 Å². The van der Waals surface area contributed by atoms with Crippen molar-refractivity contribution in [2.75, 3.05) is 6.54 Å². The Hall–Kier alpha value is -1.84. The molecule has 1 rings (SSSR count). The number of ketones is 1. The molecule has 0 fully saturated rings. The van der Waals surface area contributed by atoms with Crippen molar-refractivity contribution in [1.29, 1.82) is 0 Å². The Kier molecular flexibility index (Phi) is 5.20. The third kappa shape index (κ3) is 5.15. The molecular weight excluding hydrogens is 218 g/mol. The van der Waals surface area contributed by atoms with E-state index in [2.05, 4.69) is 5.32 Å². The van der Waals surface area contributed by atoms with Crippen LogP contribution in [0.15, 0.2) is 30.3 Å². The molecule has 0 unspecified atom stereocenters. The molecule has 17 heavy (non-hydrogen) atoms. The lowest BCUT2D eigenvalue weighted by Crippen LogP contribution is -2.31. The van der Waals surface area contributed by atoms with Gasteiger partial charge in [0.1, 0.15) is 6.61 Å². The van der Waals surface area contributed by atoms with Crippen LogP contribution < -0.4 is 5.32 Å². The summed E-state index contributed by atoms with van der Waals surface area (Å²) in [5, 5.41) is 2.42. The maximum Gasteiger partial charge on any atom is 0.407 e. The Balaban J connectivity index is 2.24. The van der Waals surface area contributed by atoms with Crippen molar-refractivity contribution in [3.05, 3.63) is 35.9 Å². The summed E-state index contributed by atoms with van der Waals surface area (Å²) in [6, 6.07) is 9.38. The molecule has 0 spiro atoms. The van der Waals surface area contributed by atoms with E-state index in [-0.39, 0.29) is 24.9 Å². The largest absolute Gasteiger partial charge is 0.445 e. The van der Waals surface area contributed by atoms with Gasteiger partial charge in [-0.05, 0) is 5.56 Å². The van der Waals surface area contributed by atoms with Gasteiger partial charge in [0.25, 0.3) is 0 Å². The van der Waals surface area contributed by atoms with Crippen LogP contribution in [0.1, 0.15) is 19.4 Å². The van der Waals surface area contributed by atoms with Gasteiger partial charge in [-0.25, -0.2) is 4.79 Å². The summed E-state index contributed by atoms with van der Waals surface area (Å²) < 4.78 is 4.96. The summed E-state index contributed by atoms with van der Waals surface area (Å²) >= 11 is 0. The minimum absolute atomic E-state index is 0.0124. The first-order valence-corrected chi connectivity index (χ1v) is 5.57. The lowest BCUT2D eigenvalue weighted by atomic mass is 10.1. The Morgan fingerprint density at radius 1 is 1.24 bits per heavy atom. The Bertz CT molecular complexity index is 374. The van der Waals surface area contributed by atoms with Gasteiger partial charge >= 0.3 is 6.09 Å². The van der Waals surface area contributed by atoms with Gasteiger partial charge in [0.15, 0.2) is 5.78 Å². The first-order chi connectivity index (χ1) is 8.09. The second-order valence-electron chi connectivity index (χ2n) is 4.04. The molecule has 0 saturated heterocycles. The predicted molar refractivity (Wildman–Crippen MR) is 64.5 cm³/mol. The zero-order chi connectivity index (χ0) is 12.7. The summed E-state index contributed by atoms with van der Waals surface area (Å²) in [6.45, 7) is 3.81. The standard InChI is InChI=1S/C13H17NO3/c1-10(2)12(15)8-14-13(16)17-9-11-6-4-3-5-7-11/h3-7,10H,8-9H2,1-2H3,(H,14,16). The van der Waals surface area contributed by atoms with Gasteiger partial charge in [-0.1, -0.05) is 44.2 Å². The number of amides is 1. The van der Waals surface area contributed by atoms with E-state index in [1.807, 2.05) is 30.3 Å². The van der Waals surface area contributed by atoms with Gasteiger partial charge in [-0.2, -0.15) is 0 Å². The topological polar surface area (TPSA) is 55.4 Å². The lowest BCUT2D eigenvalue weighted by molar-refractivity contribution is -0.120. The first-order valence-electron chi connectivity index (χ1n) is 5.57. The van der Waals surface area contributed by atoms with E-state index in [9.17, 15) is 9.59 Å². The maximum atomic E-state index is 11.3. The molecule has 0 heterocycles. The molecule has 0 radical (unpaired) electrons. The summed E-state index contributed by atoms with van der Waals surface area (Å²) in [5.74, 6) is -0.0916. The van der Waals surface area contributed by atoms with Gasteiger partial charge in [-0.3, -0.25) is 4.79 Å². The first kappa shape index (κ1) is 13.2. The third-order valence-corrected chi connectivity index (χ3v) is 2.26. The van der Waals surface area contributed by atoms with E-state index in [1.54, 1.807) is 13.8 Å². The minimum atomic E-state index is -0.567. The molecule has 0 aliphatic heterocycles. The van der Waals surface area contributed by atoms with Crippen LogP contribution >= 0.6 is 0 Å². The molecule has 92 valence electrons. The van der Waals surface area contributed by atoms with Gasteiger partial charge in [-0.15, -0.1) is 0 Å². The Labute approximate surface area is 101 Å². The number of hydrogen-bond donors (Lipinski definition) is 1. The molecule has 1 N–H and O–H groups in total. The third-order valence-electron chi connectivity index (χ3n) is 2.26. The minimum Gasteiger partial charge on any atom is -0.445 e. The van der Waals surface area contributed by atoms with Crippen molar-refractivity contribution in [2.45, 2.75) is 20.5 Å². The summed E-state index contributed by atoms with van der Waals surface area (Å²) in [4.78, 5) is 22.5. The summed E-state index contributed by atoms with van der Waals surface area (Å²) in [6.07, 6.45) is -0.567. The van der Waals surface area contributed by atoms with Crippen molar-refractivity contribution in [2.24, 2.45) is 5.92 Å². The monoisotopic (exact) mass is 235 g/mol. The number of Topliss-reactive ketones (excluding diaryl/α,β-unsaturated/α-hetero) is 1. The number of rotatable bonds is 5. The highest BCUT2D eigenvalue weighted by atomic mass is 16.5. The molecule has 1 amide bonds. The van der Waals surface area contributed by atoms with Crippen LogP contribution in [0, 0.1) is 5.92 Å². The molecule has 1 aromatic carbocycles. The normalized spacial score (nSPS) is 10.1. The molecule has 0 bridgehead atoms. The van der Waals surface area contributed by atoms with Gasteiger partial charge in [0, 0.05) is 5.92 Å². The van der Waals surface area contributed by atoms with Crippen molar-refractivity contribution in [3.8, 4) is 0 Å². The molecular formula is C13H17NO3. The van der Waals surface area contributed by atoms with Crippen LogP contribution in [0.4, 0.5) is 4.79 Å². The molecule has 0 atom stereocenters. The van der Waals surface area contributed by atoms with Crippen molar-refractivity contribution in [3.63, 3.8) is 0 Å². The molecule has 1 aromatic rings. The summed E-state index contributed by atoms with van der Waals surface area (Å²) in [7, 11) is 0. The second kappa shape index (κ2) is 6.68. The number of alkyl carbamates (subject to hydrolysis) is 1. The average Bonchev–Trinajstić information content (AvgIpc) is 2.34. The highest BCUT2D eigenvalue weighted by Crippen LogP contribution is 2.00. The zero-order valence-electron chi connectivity index (χ0n) is 10.1. The fourth-order valence-corrected chi connectivity index (χ4v) is 1.14. The molecule has 0 saturated carbocycles. The number of nitrogens with one attached hydrogen (secondary N) is 1. The Morgan fingerprint density at radius 2 is 1.88 bits per heavy atom. The quantitative estimate of drug-likeness (QED) is 0.850. The SMILES string of the molecule is CC(C)C(=O)CNC(=O)OCc1ccccc1. The van der Waals surface area contributed by atoms with Gasteiger partial charge < -0.3 is 10.1 Å². The molecule has 4 heteroatoms. The highest BCUT2D eigenvalue weighted by molar-refractivity contribution is 5.85. The lowest BCUT2D eigenvalue weighted by Gasteiger charge is -2.07. The van der Waals surface area contributed by atoms with Crippen LogP contribution in [0.2, 0.25) is 0 Å². The van der Waals surface area contributed by atoms with E-state index in [4.69, 9.17) is 4.74 Å². The smallest absolute Gasteiger partial charge is 0.407 e. The molecule has 0 aliphatic rings. The van der Waals surface area contributed by atoms with E-state index < -0.39 is 6.09 Å². The number of carbonyl (C=O) groups excluding carboxylic acids is 2. The van der Waals surface area contributed by atoms with Crippen molar-refractivity contribution < 1.29 is 14.3 Å². The van der Waals surface area contributed by atoms with Crippen LogP contribution in [0.3, 0.4) is 0 Å². The molecule has 0 aliphatic carbocycles.